The first kappa shape index (κ1) is 14.6. The summed E-state index contributed by atoms with van der Waals surface area (Å²) in [7, 11) is 0. The van der Waals surface area contributed by atoms with Crippen molar-refractivity contribution in [1.29, 1.82) is 0 Å². The molecular weight excluding hydrogens is 326 g/mol. The van der Waals surface area contributed by atoms with E-state index in [2.05, 4.69) is 44.9 Å². The molecule has 2 heterocycles. The standard InChI is InChI=1S/C17H22BrN3/c1-2-13-6-4-3-5-9-21(13)17-14-10-12(18)7-8-16(14)20-11-15(17)19/h7-8,10-11,13H,2-6,9,19H2,1H3. The number of halogens is 1. The van der Waals surface area contributed by atoms with Crippen LogP contribution in [0, 0.1) is 0 Å². The van der Waals surface area contributed by atoms with Gasteiger partial charge in [0.1, 0.15) is 0 Å². The zero-order valence-electron chi connectivity index (χ0n) is 12.5. The number of nitrogens with two attached hydrogens (primary N) is 1. The van der Waals surface area contributed by atoms with E-state index in [0.717, 1.165) is 34.0 Å². The smallest absolute Gasteiger partial charge is 0.0745 e. The summed E-state index contributed by atoms with van der Waals surface area (Å²) in [6.45, 7) is 3.37. The first-order chi connectivity index (χ1) is 10.2. The number of rotatable bonds is 2. The van der Waals surface area contributed by atoms with Crippen LogP contribution >= 0.6 is 15.9 Å². The minimum Gasteiger partial charge on any atom is -0.396 e. The predicted octanol–water partition coefficient (Wildman–Crippen LogP) is 4.74. The van der Waals surface area contributed by atoms with Crippen molar-refractivity contribution in [1.82, 2.24) is 4.98 Å². The predicted molar refractivity (Wildman–Crippen MR) is 93.7 cm³/mol. The van der Waals surface area contributed by atoms with Crippen LogP contribution in [0.1, 0.15) is 39.0 Å². The van der Waals surface area contributed by atoms with Crippen LogP contribution in [-0.4, -0.2) is 17.6 Å². The minimum absolute atomic E-state index is 0.583. The number of nitrogens with zero attached hydrogens (tertiary/aromatic N) is 2. The molecule has 3 rings (SSSR count). The molecule has 1 aliphatic rings. The number of pyridine rings is 1. The largest absolute Gasteiger partial charge is 0.396 e. The fraction of sp³-hybridized carbons (Fsp3) is 0.471. The summed E-state index contributed by atoms with van der Waals surface area (Å²) in [6, 6.07) is 6.82. The van der Waals surface area contributed by atoms with Gasteiger partial charge in [0.15, 0.2) is 0 Å². The molecular formula is C17H22BrN3. The van der Waals surface area contributed by atoms with Crippen LogP contribution in [0.2, 0.25) is 0 Å². The van der Waals surface area contributed by atoms with Crippen LogP contribution in [0.3, 0.4) is 0 Å². The number of fused-ring (bicyclic) bond motifs is 1. The molecule has 1 aliphatic heterocycles. The monoisotopic (exact) mass is 347 g/mol. The normalized spacial score (nSPS) is 19.7. The van der Waals surface area contributed by atoms with Crippen LogP contribution in [0.15, 0.2) is 28.9 Å². The maximum atomic E-state index is 6.32. The van der Waals surface area contributed by atoms with Gasteiger partial charge in [0.25, 0.3) is 0 Å². The molecule has 1 aromatic carbocycles. The summed E-state index contributed by atoms with van der Waals surface area (Å²) in [6.07, 6.45) is 8.11. The molecule has 0 saturated carbocycles. The SMILES string of the molecule is CCC1CCCCCN1c1c(N)cnc2ccc(Br)cc12. The van der Waals surface area contributed by atoms with Crippen LogP contribution < -0.4 is 10.6 Å². The van der Waals surface area contributed by atoms with Gasteiger partial charge in [0.2, 0.25) is 0 Å². The van der Waals surface area contributed by atoms with Gasteiger partial charge < -0.3 is 10.6 Å². The second-order valence-electron chi connectivity index (χ2n) is 5.83. The lowest BCUT2D eigenvalue weighted by molar-refractivity contribution is 0.557. The van der Waals surface area contributed by atoms with E-state index in [1.54, 1.807) is 0 Å². The highest BCUT2D eigenvalue weighted by molar-refractivity contribution is 9.10. The van der Waals surface area contributed by atoms with Gasteiger partial charge in [-0.3, -0.25) is 4.98 Å². The van der Waals surface area contributed by atoms with Gasteiger partial charge in [0.05, 0.1) is 23.1 Å². The number of anilines is 2. The summed E-state index contributed by atoms with van der Waals surface area (Å²) in [5, 5.41) is 1.16. The third-order valence-electron chi connectivity index (χ3n) is 4.47. The first-order valence-electron chi connectivity index (χ1n) is 7.81. The summed E-state index contributed by atoms with van der Waals surface area (Å²) < 4.78 is 1.08. The molecule has 21 heavy (non-hydrogen) atoms. The van der Waals surface area contributed by atoms with Gasteiger partial charge in [-0.05, 0) is 37.5 Å². The van der Waals surface area contributed by atoms with Gasteiger partial charge in [-0.25, -0.2) is 0 Å². The van der Waals surface area contributed by atoms with E-state index in [9.17, 15) is 0 Å². The van der Waals surface area contributed by atoms with E-state index in [1.807, 2.05) is 12.3 Å². The summed E-state index contributed by atoms with van der Waals surface area (Å²) in [4.78, 5) is 7.01. The van der Waals surface area contributed by atoms with Crippen LogP contribution in [0.4, 0.5) is 11.4 Å². The highest BCUT2D eigenvalue weighted by atomic mass is 79.9. The topological polar surface area (TPSA) is 42.1 Å². The quantitative estimate of drug-likeness (QED) is 0.852. The van der Waals surface area contributed by atoms with E-state index in [1.165, 1.54) is 31.4 Å². The van der Waals surface area contributed by atoms with E-state index >= 15 is 0 Å². The molecule has 0 aliphatic carbocycles. The Kier molecular flexibility index (Phi) is 4.34. The molecule has 1 fully saturated rings. The number of hydrogen-bond donors (Lipinski definition) is 1. The molecule has 1 saturated heterocycles. The molecule has 1 aromatic heterocycles. The van der Waals surface area contributed by atoms with Gasteiger partial charge in [0, 0.05) is 22.4 Å². The summed E-state index contributed by atoms with van der Waals surface area (Å²) in [5.74, 6) is 0. The first-order valence-corrected chi connectivity index (χ1v) is 8.60. The lowest BCUT2D eigenvalue weighted by atomic mass is 10.1. The van der Waals surface area contributed by atoms with Crippen LogP contribution in [0.25, 0.3) is 10.9 Å². The zero-order valence-corrected chi connectivity index (χ0v) is 14.1. The highest BCUT2D eigenvalue weighted by Gasteiger charge is 2.23. The lowest BCUT2D eigenvalue weighted by Gasteiger charge is -2.33. The molecule has 3 nitrogen and oxygen atoms in total. The average molecular weight is 348 g/mol. The summed E-state index contributed by atoms with van der Waals surface area (Å²) >= 11 is 3.58. The second kappa shape index (κ2) is 6.22. The third-order valence-corrected chi connectivity index (χ3v) is 4.96. The Bertz CT molecular complexity index is 636. The molecule has 2 N–H and O–H groups in total. The van der Waals surface area contributed by atoms with E-state index in [-0.39, 0.29) is 0 Å². The van der Waals surface area contributed by atoms with E-state index in [4.69, 9.17) is 5.73 Å². The molecule has 0 amide bonds. The van der Waals surface area contributed by atoms with Crippen molar-refractivity contribution in [2.75, 3.05) is 17.2 Å². The molecule has 1 unspecified atom stereocenters. The number of hydrogen-bond acceptors (Lipinski definition) is 3. The van der Waals surface area contributed by atoms with Gasteiger partial charge in [-0.1, -0.05) is 35.7 Å². The average Bonchev–Trinajstić information content (AvgIpc) is 2.72. The molecule has 0 radical (unpaired) electrons. The third kappa shape index (κ3) is 2.86. The molecule has 0 bridgehead atoms. The fourth-order valence-electron chi connectivity index (χ4n) is 3.38. The number of nitrogen functional groups attached to an aromatic ring is 1. The Morgan fingerprint density at radius 2 is 2.19 bits per heavy atom. The van der Waals surface area contributed by atoms with E-state index in [0.29, 0.717) is 6.04 Å². The van der Waals surface area contributed by atoms with E-state index < -0.39 is 0 Å². The molecule has 1 atom stereocenters. The summed E-state index contributed by atoms with van der Waals surface area (Å²) in [5.41, 5.74) is 9.30. The van der Waals surface area contributed by atoms with Crippen molar-refractivity contribution >= 4 is 38.2 Å². The Morgan fingerprint density at radius 1 is 1.33 bits per heavy atom. The second-order valence-corrected chi connectivity index (χ2v) is 6.74. The lowest BCUT2D eigenvalue weighted by Crippen LogP contribution is -2.35. The Hall–Kier alpha value is -1.29. The number of aromatic nitrogens is 1. The fourth-order valence-corrected chi connectivity index (χ4v) is 3.74. The Morgan fingerprint density at radius 3 is 3.00 bits per heavy atom. The van der Waals surface area contributed by atoms with Crippen LogP contribution in [-0.2, 0) is 0 Å². The highest BCUT2D eigenvalue weighted by Crippen LogP contribution is 2.36. The Balaban J connectivity index is 2.16. The maximum absolute atomic E-state index is 6.32. The maximum Gasteiger partial charge on any atom is 0.0745 e. The molecule has 112 valence electrons. The molecule has 2 aromatic rings. The van der Waals surface area contributed by atoms with Gasteiger partial charge in [-0.15, -0.1) is 0 Å². The van der Waals surface area contributed by atoms with Crippen molar-refractivity contribution in [3.63, 3.8) is 0 Å². The van der Waals surface area contributed by atoms with Gasteiger partial charge in [-0.2, -0.15) is 0 Å². The Labute approximate surface area is 134 Å². The van der Waals surface area contributed by atoms with Crippen molar-refractivity contribution in [3.05, 3.63) is 28.9 Å². The van der Waals surface area contributed by atoms with Crippen molar-refractivity contribution < 1.29 is 0 Å². The molecule has 0 spiro atoms. The van der Waals surface area contributed by atoms with Crippen LogP contribution in [0.5, 0.6) is 0 Å². The number of benzene rings is 1. The minimum atomic E-state index is 0.583. The van der Waals surface area contributed by atoms with Crippen molar-refractivity contribution in [3.8, 4) is 0 Å². The molecule has 4 heteroatoms. The van der Waals surface area contributed by atoms with Crippen molar-refractivity contribution in [2.45, 2.75) is 45.1 Å². The van der Waals surface area contributed by atoms with Gasteiger partial charge >= 0.3 is 0 Å². The zero-order chi connectivity index (χ0) is 14.8. The van der Waals surface area contributed by atoms with Crippen molar-refractivity contribution in [2.24, 2.45) is 0 Å².